The average molecular weight is 1330 g/mol. The number of allylic oxidation sites excluding steroid dienone is 4. The molecular formula is C82H134N8O6. The third-order valence-corrected chi connectivity index (χ3v) is 31.7. The summed E-state index contributed by atoms with van der Waals surface area (Å²) in [4.78, 5) is 60.9. The number of carbonyl (C=O) groups excluding carboxylic acids is 4. The molecule has 538 valence electrons. The Balaban J connectivity index is 0.890. The van der Waals surface area contributed by atoms with Gasteiger partial charge in [0.15, 0.2) is 0 Å². The van der Waals surface area contributed by atoms with Crippen LogP contribution in [0, 0.1) is 149 Å². The molecule has 96 heavy (non-hydrogen) atoms. The van der Waals surface area contributed by atoms with Gasteiger partial charge in [0.25, 0.3) is 0 Å². The van der Waals surface area contributed by atoms with E-state index in [4.69, 9.17) is 32.4 Å². The molecule has 2 amide bonds. The molecule has 10 N–H and O–H groups in total. The van der Waals surface area contributed by atoms with Gasteiger partial charge in [0.2, 0.25) is 11.8 Å². The third-order valence-electron chi connectivity index (χ3n) is 31.7. The lowest BCUT2D eigenvalue weighted by atomic mass is 9.32. The molecule has 0 heterocycles. The molecule has 0 saturated heterocycles. The third kappa shape index (κ3) is 12.3. The fraction of sp³-hybridized carbons (Fsp3) is 0.854. The lowest BCUT2D eigenvalue weighted by Gasteiger charge is -2.72. The maximum Gasteiger partial charge on any atom is 0.302 e. The highest BCUT2D eigenvalue weighted by molar-refractivity contribution is 5.85. The normalized spacial score (nSPS) is 43.1. The second kappa shape index (κ2) is 28.2. The highest BCUT2D eigenvalue weighted by Gasteiger charge is 2.73. The van der Waals surface area contributed by atoms with Gasteiger partial charge in [0.05, 0.1) is 10.8 Å². The molecule has 0 unspecified atom stereocenters. The van der Waals surface area contributed by atoms with Crippen LogP contribution in [0.3, 0.4) is 0 Å². The molecule has 14 heteroatoms. The number of hydrogen-bond donors (Lipinski definition) is 6. The predicted molar refractivity (Wildman–Crippen MR) is 387 cm³/mol. The molecule has 0 aliphatic heterocycles. The van der Waals surface area contributed by atoms with Crippen LogP contribution in [0.5, 0.6) is 0 Å². The van der Waals surface area contributed by atoms with E-state index in [1.165, 1.54) is 0 Å². The average Bonchev–Trinajstić information content (AvgIpc) is 0.681. The lowest BCUT2D eigenvalue weighted by molar-refractivity contribution is -0.227. The summed E-state index contributed by atoms with van der Waals surface area (Å²) in [5.74, 6) is 17.8. The number of nitrogens with one attached hydrogen (secondary N) is 2. The molecule has 0 radical (unpaired) electrons. The molecule has 0 spiro atoms. The van der Waals surface area contributed by atoms with Gasteiger partial charge < -0.3 is 43.0 Å². The van der Waals surface area contributed by atoms with Crippen LogP contribution in [-0.2, 0) is 28.7 Å². The van der Waals surface area contributed by atoms with Crippen molar-refractivity contribution >= 4 is 23.8 Å². The van der Waals surface area contributed by atoms with Crippen LogP contribution < -0.4 is 33.6 Å². The molecule has 10 aliphatic carbocycles. The predicted octanol–water partition coefficient (Wildman–Crippen LogP) is 12.1. The first kappa shape index (κ1) is 74.9. The Morgan fingerprint density at radius 1 is 0.490 bits per heavy atom. The van der Waals surface area contributed by atoms with Crippen LogP contribution in [0.2, 0.25) is 0 Å². The highest BCUT2D eigenvalue weighted by atomic mass is 16.5. The summed E-state index contributed by atoms with van der Waals surface area (Å²) in [6.45, 7) is 46.1. The van der Waals surface area contributed by atoms with E-state index >= 15 is 0 Å². The van der Waals surface area contributed by atoms with Crippen LogP contribution in [0.15, 0.2) is 23.3 Å². The lowest BCUT2D eigenvalue weighted by Crippen LogP contribution is -2.67. The molecule has 8 saturated carbocycles. The van der Waals surface area contributed by atoms with Crippen molar-refractivity contribution in [3.8, 4) is 23.7 Å². The molecule has 14 nitrogen and oxygen atoms in total. The summed E-state index contributed by atoms with van der Waals surface area (Å²) < 4.78 is 13.0. The maximum absolute atomic E-state index is 15.0. The molecule has 10 rings (SSSR count). The first-order valence-corrected chi connectivity index (χ1v) is 38.8. The van der Waals surface area contributed by atoms with Crippen molar-refractivity contribution in [1.29, 1.82) is 0 Å². The summed E-state index contributed by atoms with van der Waals surface area (Å²) in [6, 6.07) is 0. The van der Waals surface area contributed by atoms with Gasteiger partial charge in [-0.15, -0.1) is 0 Å². The van der Waals surface area contributed by atoms with Gasteiger partial charge in [0.1, 0.15) is 12.2 Å². The maximum atomic E-state index is 15.0. The second-order valence-corrected chi connectivity index (χ2v) is 36.6. The summed E-state index contributed by atoms with van der Waals surface area (Å²) in [5, 5.41) is 7.00. The molecule has 0 aromatic carbocycles. The molecule has 8 fully saturated rings. The first-order valence-electron chi connectivity index (χ1n) is 38.8. The Morgan fingerprint density at radius 2 is 0.844 bits per heavy atom. The van der Waals surface area contributed by atoms with Gasteiger partial charge in [-0.3, -0.25) is 29.0 Å². The van der Waals surface area contributed by atoms with E-state index in [2.05, 4.69) is 153 Å². The molecule has 0 bridgehead atoms. The number of nitrogens with zero attached hydrogens (tertiary/aromatic N) is 2. The second-order valence-electron chi connectivity index (χ2n) is 36.6. The Bertz CT molecular complexity index is 2850. The number of ether oxygens (including phenoxy) is 2. The minimum absolute atomic E-state index is 0.00990. The number of hydrogen-bond acceptors (Lipinski definition) is 12. The number of amides is 2. The summed E-state index contributed by atoms with van der Waals surface area (Å²) in [6.07, 6.45) is 22.0. The van der Waals surface area contributed by atoms with E-state index in [9.17, 15) is 19.2 Å². The van der Waals surface area contributed by atoms with Crippen molar-refractivity contribution < 1.29 is 28.7 Å². The zero-order chi connectivity index (χ0) is 70.0. The zero-order valence-electron chi connectivity index (χ0n) is 63.1. The van der Waals surface area contributed by atoms with Crippen LogP contribution in [-0.4, -0.2) is 124 Å². The minimum Gasteiger partial charge on any atom is -0.462 e. The van der Waals surface area contributed by atoms with Crippen molar-refractivity contribution in [2.45, 2.75) is 239 Å². The summed E-state index contributed by atoms with van der Waals surface area (Å²) in [7, 11) is 0. The van der Waals surface area contributed by atoms with Crippen molar-refractivity contribution in [2.24, 2.45) is 148 Å². The first-order chi connectivity index (χ1) is 45.2. The van der Waals surface area contributed by atoms with E-state index in [0.717, 1.165) is 142 Å². The van der Waals surface area contributed by atoms with E-state index in [0.29, 0.717) is 99.5 Å². The molecule has 10 aliphatic rings. The number of carbonyl (C=O) groups is 4. The molecular weight excluding hydrogens is 1190 g/mol. The SMILES string of the molecule is CC(=O)O[C@H]1[C@H](CC#CC#CC[C@@H]2C[C@]3(C)[C@H]4CC=C5[C@H]6[C@@H](C)[C@H](C)CC[C@]6(C(=O)NCCN(CCN)CCN)CC[C@@]5(C)[C@]4(C)CC[C@H]3C(C)(C)[C@H]2OC(C)=O)C[C@]2(C)[C@H]3CC=C4[C@H]5[C@@H](C)[C@H](C)CC[C@]5(C(=O)NCCN(CCN)CCN)CC[C@@]4(C)[C@]3(C)CC[C@H]2C1(C)C. The van der Waals surface area contributed by atoms with Crippen LogP contribution >= 0.6 is 0 Å². The summed E-state index contributed by atoms with van der Waals surface area (Å²) in [5.41, 5.74) is 25.4. The van der Waals surface area contributed by atoms with Gasteiger partial charge in [-0.05, 0) is 206 Å². The van der Waals surface area contributed by atoms with E-state index in [-0.39, 0.29) is 103 Å². The van der Waals surface area contributed by atoms with Crippen LogP contribution in [0.1, 0.15) is 226 Å². The van der Waals surface area contributed by atoms with E-state index < -0.39 is 10.8 Å². The van der Waals surface area contributed by atoms with Crippen LogP contribution in [0.25, 0.3) is 0 Å². The van der Waals surface area contributed by atoms with E-state index in [1.54, 1.807) is 25.0 Å². The van der Waals surface area contributed by atoms with Crippen molar-refractivity contribution in [2.75, 3.05) is 78.5 Å². The van der Waals surface area contributed by atoms with Crippen molar-refractivity contribution in [3.63, 3.8) is 0 Å². The Kier molecular flexibility index (Phi) is 22.0. The van der Waals surface area contributed by atoms with E-state index in [1.807, 2.05) is 0 Å². The largest absolute Gasteiger partial charge is 0.462 e. The Hall–Kier alpha value is -3.76. The Labute approximate surface area is 582 Å². The smallest absolute Gasteiger partial charge is 0.302 e. The summed E-state index contributed by atoms with van der Waals surface area (Å²) >= 11 is 0. The fourth-order valence-electron chi connectivity index (χ4n) is 26.5. The number of esters is 2. The quantitative estimate of drug-likeness (QED) is 0.0381. The fourth-order valence-corrected chi connectivity index (χ4v) is 26.5. The van der Waals surface area contributed by atoms with Gasteiger partial charge in [-0.25, -0.2) is 0 Å². The van der Waals surface area contributed by atoms with Gasteiger partial charge >= 0.3 is 11.9 Å². The molecule has 0 aromatic rings. The molecule has 0 aromatic heterocycles. The van der Waals surface area contributed by atoms with Gasteiger partial charge in [-0.1, -0.05) is 132 Å². The number of rotatable bonds is 20. The topological polar surface area (TPSA) is 221 Å². The highest BCUT2D eigenvalue weighted by Crippen LogP contribution is 2.79. The number of fused-ring (bicyclic) bond motifs is 14. The number of nitrogens with two attached hydrogens (primary N) is 4. The zero-order valence-corrected chi connectivity index (χ0v) is 63.1. The Morgan fingerprint density at radius 3 is 1.18 bits per heavy atom. The van der Waals surface area contributed by atoms with Gasteiger partial charge in [0, 0.05) is 128 Å². The van der Waals surface area contributed by atoms with Crippen molar-refractivity contribution in [3.05, 3.63) is 23.3 Å². The van der Waals surface area contributed by atoms with Gasteiger partial charge in [-0.2, -0.15) is 0 Å². The minimum atomic E-state index is -0.419. The monoisotopic (exact) mass is 1330 g/mol. The molecule has 22 atom stereocenters. The van der Waals surface area contributed by atoms with Crippen molar-refractivity contribution in [1.82, 2.24) is 20.4 Å². The van der Waals surface area contributed by atoms with Crippen LogP contribution in [0.4, 0.5) is 0 Å². The standard InChI is InChI=1S/C82H134N8O6/c1-53-27-33-81(71(93)87-43-49-89(45-39-83)46-40-84)37-35-77(13)61(67(81)55(53)3)23-25-65-75(11)51-59(69(95-57(5)91)73(7,8)63(75)29-31-79(65,77)15)21-19-17-18-20-22-60-52-76(12)64(74(9,10)70(60)96-58(6)92)30-32-80(16)66(76)26-24-62-68-56(4)54(2)28-34-82(68,38-36-78(62,80)14)72(94)88-44-50-90(47-41-85)48-42-86/h23-24,53-56,59-60,63-70H,21-22,25-52,83-86H2,1-16H3,(H,87,93)(H,88,94)/t53-,54-,55+,56+,59-,60-,63+,64+,65-,66-,67-,68-,69+,70+,75+,76+,77-,78-,79-,80-,81+,82+/m1/s1.